The molecule has 1 aromatic heterocycles. The fourth-order valence-corrected chi connectivity index (χ4v) is 1.32. The Morgan fingerprint density at radius 2 is 2.20 bits per heavy atom. The molecule has 1 aliphatic rings. The van der Waals surface area contributed by atoms with Crippen molar-refractivity contribution >= 4 is 11.5 Å². The lowest BCUT2D eigenvalue weighted by Crippen LogP contribution is -2.11. The highest BCUT2D eigenvalue weighted by atomic mass is 16.5. The molecule has 0 bridgehead atoms. The quantitative estimate of drug-likeness (QED) is 0.816. The van der Waals surface area contributed by atoms with Gasteiger partial charge in [0.05, 0.1) is 18.0 Å². The Hall–Kier alpha value is -1.45. The molecule has 0 saturated heterocycles. The number of nitrogens with zero attached hydrogens (tertiary/aromatic N) is 2. The first-order valence-electron chi connectivity index (χ1n) is 5.22. The van der Waals surface area contributed by atoms with Crippen LogP contribution in [0.25, 0.3) is 0 Å². The normalized spacial score (nSPS) is 14.9. The van der Waals surface area contributed by atoms with Crippen molar-refractivity contribution in [1.82, 2.24) is 4.98 Å². The van der Waals surface area contributed by atoms with E-state index in [0.29, 0.717) is 6.10 Å². The molecule has 1 aliphatic carbocycles. The fourth-order valence-electron chi connectivity index (χ4n) is 1.32. The van der Waals surface area contributed by atoms with Gasteiger partial charge in [0.25, 0.3) is 0 Å². The van der Waals surface area contributed by atoms with E-state index in [1.54, 1.807) is 0 Å². The fraction of sp³-hybridized carbons (Fsp3) is 0.545. The largest absolute Gasteiger partial charge is 0.488 e. The second kappa shape index (κ2) is 3.96. The molecule has 0 radical (unpaired) electrons. The van der Waals surface area contributed by atoms with Crippen molar-refractivity contribution in [2.45, 2.75) is 18.9 Å². The zero-order valence-corrected chi connectivity index (χ0v) is 9.45. The van der Waals surface area contributed by atoms with Crippen LogP contribution in [0.4, 0.5) is 11.5 Å². The maximum atomic E-state index is 5.81. The zero-order valence-electron chi connectivity index (χ0n) is 9.45. The number of anilines is 2. The smallest absolute Gasteiger partial charge is 0.148 e. The molecule has 0 amide bonds. The van der Waals surface area contributed by atoms with Crippen molar-refractivity contribution in [1.29, 1.82) is 0 Å². The summed E-state index contributed by atoms with van der Waals surface area (Å²) in [4.78, 5) is 6.29. The molecule has 1 N–H and O–H groups in total. The van der Waals surface area contributed by atoms with Crippen LogP contribution < -0.4 is 15.0 Å². The van der Waals surface area contributed by atoms with Crippen LogP contribution in [0.1, 0.15) is 12.8 Å². The number of aromatic nitrogens is 1. The van der Waals surface area contributed by atoms with E-state index in [9.17, 15) is 0 Å². The third-order valence-corrected chi connectivity index (χ3v) is 2.40. The highest BCUT2D eigenvalue weighted by molar-refractivity contribution is 5.59. The predicted octanol–water partition coefficient (Wildman–Crippen LogP) is 1.73. The lowest BCUT2D eigenvalue weighted by molar-refractivity contribution is 0.304. The van der Waals surface area contributed by atoms with Crippen molar-refractivity contribution in [3.05, 3.63) is 12.3 Å². The SMILES string of the molecule is CNc1cnc(N(C)C)cc1OC1CC1. The molecule has 0 aromatic carbocycles. The van der Waals surface area contributed by atoms with Gasteiger partial charge in [-0.25, -0.2) is 4.98 Å². The zero-order chi connectivity index (χ0) is 10.8. The van der Waals surface area contributed by atoms with E-state index in [4.69, 9.17) is 4.74 Å². The molecule has 4 nitrogen and oxygen atoms in total. The average Bonchev–Trinajstić information content (AvgIpc) is 3.01. The molecule has 1 aromatic rings. The van der Waals surface area contributed by atoms with Crippen LogP contribution >= 0.6 is 0 Å². The van der Waals surface area contributed by atoms with Gasteiger partial charge in [0.15, 0.2) is 0 Å². The molecular weight excluding hydrogens is 190 g/mol. The summed E-state index contributed by atoms with van der Waals surface area (Å²) in [5, 5.41) is 3.09. The van der Waals surface area contributed by atoms with Gasteiger partial charge in [0.1, 0.15) is 11.6 Å². The summed E-state index contributed by atoms with van der Waals surface area (Å²) >= 11 is 0. The molecule has 0 unspecified atom stereocenters. The highest BCUT2D eigenvalue weighted by Gasteiger charge is 2.24. The topological polar surface area (TPSA) is 37.4 Å². The summed E-state index contributed by atoms with van der Waals surface area (Å²) < 4.78 is 5.81. The second-order valence-corrected chi connectivity index (χ2v) is 4.00. The van der Waals surface area contributed by atoms with Crippen LogP contribution in [-0.2, 0) is 0 Å². The van der Waals surface area contributed by atoms with Gasteiger partial charge >= 0.3 is 0 Å². The highest BCUT2D eigenvalue weighted by Crippen LogP contribution is 2.33. The second-order valence-electron chi connectivity index (χ2n) is 4.00. The van der Waals surface area contributed by atoms with Crippen LogP contribution in [0.3, 0.4) is 0 Å². The van der Waals surface area contributed by atoms with Crippen molar-refractivity contribution in [3.8, 4) is 5.75 Å². The Bertz CT molecular complexity index is 348. The van der Waals surface area contributed by atoms with Gasteiger partial charge in [0.2, 0.25) is 0 Å². The molecule has 2 rings (SSSR count). The summed E-state index contributed by atoms with van der Waals surface area (Å²) in [7, 11) is 5.83. The van der Waals surface area contributed by atoms with Gasteiger partial charge in [-0.05, 0) is 12.8 Å². The third-order valence-electron chi connectivity index (χ3n) is 2.40. The molecule has 4 heteroatoms. The first kappa shape index (κ1) is 10.1. The summed E-state index contributed by atoms with van der Waals surface area (Å²) in [6, 6.07) is 1.98. The van der Waals surface area contributed by atoms with Gasteiger partial charge in [0, 0.05) is 27.2 Å². The van der Waals surface area contributed by atoms with Crippen LogP contribution in [0.15, 0.2) is 12.3 Å². The number of pyridine rings is 1. The van der Waals surface area contributed by atoms with Crippen molar-refractivity contribution in [2.24, 2.45) is 0 Å². The minimum absolute atomic E-state index is 0.412. The number of hydrogen-bond acceptors (Lipinski definition) is 4. The van der Waals surface area contributed by atoms with Crippen molar-refractivity contribution in [2.75, 3.05) is 31.4 Å². The van der Waals surface area contributed by atoms with Crippen LogP contribution in [0.5, 0.6) is 5.75 Å². The number of rotatable bonds is 4. The molecule has 0 atom stereocenters. The molecule has 82 valence electrons. The first-order valence-corrected chi connectivity index (χ1v) is 5.22. The summed E-state index contributed by atoms with van der Waals surface area (Å²) in [6.07, 6.45) is 4.56. The molecule has 1 saturated carbocycles. The van der Waals surface area contributed by atoms with E-state index in [1.807, 2.05) is 38.3 Å². The van der Waals surface area contributed by atoms with E-state index in [-0.39, 0.29) is 0 Å². The Labute approximate surface area is 90.3 Å². The third kappa shape index (κ3) is 2.32. The minimum Gasteiger partial charge on any atom is -0.488 e. The van der Waals surface area contributed by atoms with E-state index < -0.39 is 0 Å². The minimum atomic E-state index is 0.412. The van der Waals surface area contributed by atoms with Gasteiger partial charge < -0.3 is 15.0 Å². The first-order chi connectivity index (χ1) is 7.20. The predicted molar refractivity (Wildman–Crippen MR) is 61.8 cm³/mol. The van der Waals surface area contributed by atoms with E-state index in [2.05, 4.69) is 10.3 Å². The standard InChI is InChI=1S/C11H17N3O/c1-12-9-7-13-11(14(2)3)6-10(9)15-8-4-5-8/h6-8,12H,4-5H2,1-3H3. The molecular formula is C11H17N3O. The van der Waals surface area contributed by atoms with E-state index in [0.717, 1.165) is 17.3 Å². The maximum absolute atomic E-state index is 5.81. The molecule has 0 aliphatic heterocycles. The summed E-state index contributed by atoms with van der Waals surface area (Å²) in [6.45, 7) is 0. The van der Waals surface area contributed by atoms with Crippen molar-refractivity contribution in [3.63, 3.8) is 0 Å². The Balaban J connectivity index is 2.24. The lowest BCUT2D eigenvalue weighted by atomic mass is 10.3. The monoisotopic (exact) mass is 207 g/mol. The van der Waals surface area contributed by atoms with Gasteiger partial charge in [-0.3, -0.25) is 0 Å². The number of ether oxygens (including phenoxy) is 1. The van der Waals surface area contributed by atoms with Crippen molar-refractivity contribution < 1.29 is 4.74 Å². The number of nitrogens with one attached hydrogen (secondary N) is 1. The van der Waals surface area contributed by atoms with Gasteiger partial charge in [-0.1, -0.05) is 0 Å². The maximum Gasteiger partial charge on any atom is 0.148 e. The van der Waals surface area contributed by atoms with Gasteiger partial charge in [-0.2, -0.15) is 0 Å². The summed E-state index contributed by atoms with van der Waals surface area (Å²) in [5.74, 6) is 1.82. The molecule has 15 heavy (non-hydrogen) atoms. The van der Waals surface area contributed by atoms with Crippen LogP contribution in [-0.4, -0.2) is 32.2 Å². The Kier molecular flexibility index (Phi) is 2.66. The lowest BCUT2D eigenvalue weighted by Gasteiger charge is -2.15. The summed E-state index contributed by atoms with van der Waals surface area (Å²) in [5.41, 5.74) is 0.951. The van der Waals surface area contributed by atoms with E-state index >= 15 is 0 Å². The average molecular weight is 207 g/mol. The Morgan fingerprint density at radius 1 is 1.47 bits per heavy atom. The van der Waals surface area contributed by atoms with Crippen LogP contribution in [0.2, 0.25) is 0 Å². The van der Waals surface area contributed by atoms with Crippen LogP contribution in [0, 0.1) is 0 Å². The van der Waals surface area contributed by atoms with E-state index in [1.165, 1.54) is 12.8 Å². The van der Waals surface area contributed by atoms with Gasteiger partial charge in [-0.15, -0.1) is 0 Å². The number of hydrogen-bond donors (Lipinski definition) is 1. The Morgan fingerprint density at radius 3 is 2.73 bits per heavy atom. The molecule has 1 fully saturated rings. The molecule has 1 heterocycles. The molecule has 0 spiro atoms.